The number of fused-ring (bicyclic) bond motifs is 1. The number of nitrogens with one attached hydrogen (secondary N) is 1. The summed E-state index contributed by atoms with van der Waals surface area (Å²) < 4.78 is 0. The molecule has 0 aliphatic heterocycles. The number of para-hydroxylation sites is 1. The summed E-state index contributed by atoms with van der Waals surface area (Å²) in [5.74, 6) is 0. The highest BCUT2D eigenvalue weighted by Gasteiger charge is 2.02. The summed E-state index contributed by atoms with van der Waals surface area (Å²) in [6.07, 6.45) is 5.50. The van der Waals surface area contributed by atoms with Crippen LogP contribution in [0.5, 0.6) is 0 Å². The van der Waals surface area contributed by atoms with Crippen LogP contribution in [-0.4, -0.2) is 11.0 Å². The van der Waals surface area contributed by atoms with Gasteiger partial charge in [-0.3, -0.25) is 0 Å². The Kier molecular flexibility index (Phi) is 3.07. The van der Waals surface area contributed by atoms with Gasteiger partial charge in [-0.15, -0.1) is 0 Å². The van der Waals surface area contributed by atoms with Crippen molar-refractivity contribution in [3.05, 3.63) is 36.0 Å². The van der Waals surface area contributed by atoms with Crippen LogP contribution in [0.15, 0.2) is 30.5 Å². The number of rotatable bonds is 4. The van der Waals surface area contributed by atoms with Crippen molar-refractivity contribution in [3.63, 3.8) is 0 Å². The molecule has 1 aromatic heterocycles. The molecular weight excluding hydrogens is 184 g/mol. The third-order valence-electron chi connectivity index (χ3n) is 2.78. The highest BCUT2D eigenvalue weighted by atomic mass is 14.7. The Bertz CT molecular complexity index is 429. The number of aromatic nitrogens is 1. The van der Waals surface area contributed by atoms with E-state index >= 15 is 0 Å². The lowest BCUT2D eigenvalue weighted by Crippen LogP contribution is -2.14. The maximum atomic E-state index is 5.74. The molecule has 0 radical (unpaired) electrons. The SMILES string of the molecule is C[C@H](N)CCCc1c[nH]c2ccccc12. The van der Waals surface area contributed by atoms with Gasteiger partial charge in [-0.05, 0) is 37.8 Å². The van der Waals surface area contributed by atoms with Crippen LogP contribution >= 0.6 is 0 Å². The lowest BCUT2D eigenvalue weighted by atomic mass is 10.1. The molecule has 0 saturated carbocycles. The van der Waals surface area contributed by atoms with Crippen LogP contribution in [0.3, 0.4) is 0 Å². The minimum Gasteiger partial charge on any atom is -0.361 e. The van der Waals surface area contributed by atoms with Gasteiger partial charge >= 0.3 is 0 Å². The fourth-order valence-corrected chi connectivity index (χ4v) is 1.95. The van der Waals surface area contributed by atoms with Crippen LogP contribution in [0.25, 0.3) is 10.9 Å². The molecule has 2 rings (SSSR count). The summed E-state index contributed by atoms with van der Waals surface area (Å²) >= 11 is 0. The second kappa shape index (κ2) is 4.49. The molecule has 80 valence electrons. The predicted molar refractivity (Wildman–Crippen MR) is 64.9 cm³/mol. The lowest BCUT2D eigenvalue weighted by Gasteiger charge is -2.03. The van der Waals surface area contributed by atoms with E-state index in [1.165, 1.54) is 22.9 Å². The number of H-pyrrole nitrogens is 1. The van der Waals surface area contributed by atoms with E-state index in [0.717, 1.165) is 12.8 Å². The van der Waals surface area contributed by atoms with E-state index in [9.17, 15) is 0 Å². The molecule has 0 unspecified atom stereocenters. The first-order valence-electron chi connectivity index (χ1n) is 5.58. The fraction of sp³-hybridized carbons (Fsp3) is 0.385. The van der Waals surface area contributed by atoms with Crippen molar-refractivity contribution in [2.45, 2.75) is 32.2 Å². The van der Waals surface area contributed by atoms with Crippen molar-refractivity contribution in [3.8, 4) is 0 Å². The minimum absolute atomic E-state index is 0.315. The Labute approximate surface area is 90.5 Å². The van der Waals surface area contributed by atoms with Crippen LogP contribution in [-0.2, 0) is 6.42 Å². The standard InChI is InChI=1S/C13H18N2/c1-10(14)5-4-6-11-9-15-13-8-3-2-7-12(11)13/h2-3,7-10,15H,4-6,14H2,1H3/t10-/m0/s1. The Balaban J connectivity index is 2.08. The van der Waals surface area contributed by atoms with Crippen molar-refractivity contribution in [1.29, 1.82) is 0 Å². The van der Waals surface area contributed by atoms with Gasteiger partial charge in [0.05, 0.1) is 0 Å². The van der Waals surface area contributed by atoms with Gasteiger partial charge in [0.1, 0.15) is 0 Å². The monoisotopic (exact) mass is 202 g/mol. The minimum atomic E-state index is 0.315. The molecule has 0 amide bonds. The molecule has 0 spiro atoms. The Morgan fingerprint density at radius 1 is 1.33 bits per heavy atom. The second-order valence-electron chi connectivity index (χ2n) is 4.23. The van der Waals surface area contributed by atoms with Crippen molar-refractivity contribution < 1.29 is 0 Å². The van der Waals surface area contributed by atoms with Crippen LogP contribution in [0.4, 0.5) is 0 Å². The smallest absolute Gasteiger partial charge is 0.0456 e. The first-order chi connectivity index (χ1) is 7.27. The maximum Gasteiger partial charge on any atom is 0.0456 e. The molecule has 0 aliphatic rings. The molecule has 1 heterocycles. The van der Waals surface area contributed by atoms with Gasteiger partial charge in [-0.2, -0.15) is 0 Å². The maximum absolute atomic E-state index is 5.74. The van der Waals surface area contributed by atoms with Gasteiger partial charge in [0.15, 0.2) is 0 Å². The Hall–Kier alpha value is -1.28. The Morgan fingerprint density at radius 2 is 2.13 bits per heavy atom. The fourth-order valence-electron chi connectivity index (χ4n) is 1.95. The number of hydrogen-bond donors (Lipinski definition) is 2. The number of aryl methyl sites for hydroxylation is 1. The van der Waals surface area contributed by atoms with E-state index in [1.807, 2.05) is 0 Å². The summed E-state index contributed by atoms with van der Waals surface area (Å²) in [5.41, 5.74) is 8.38. The van der Waals surface area contributed by atoms with Crippen LogP contribution < -0.4 is 5.73 Å². The van der Waals surface area contributed by atoms with Crippen LogP contribution in [0.1, 0.15) is 25.3 Å². The average molecular weight is 202 g/mol. The highest BCUT2D eigenvalue weighted by Crippen LogP contribution is 2.19. The second-order valence-corrected chi connectivity index (χ2v) is 4.23. The zero-order chi connectivity index (χ0) is 10.7. The summed E-state index contributed by atoms with van der Waals surface area (Å²) in [6.45, 7) is 2.06. The van der Waals surface area contributed by atoms with Crippen molar-refractivity contribution in [2.75, 3.05) is 0 Å². The van der Waals surface area contributed by atoms with E-state index in [1.54, 1.807) is 0 Å². The molecule has 2 aromatic rings. The van der Waals surface area contributed by atoms with Crippen molar-refractivity contribution in [1.82, 2.24) is 4.98 Å². The largest absolute Gasteiger partial charge is 0.361 e. The number of benzene rings is 1. The van der Waals surface area contributed by atoms with Crippen molar-refractivity contribution in [2.24, 2.45) is 5.73 Å². The van der Waals surface area contributed by atoms with Crippen molar-refractivity contribution >= 4 is 10.9 Å². The van der Waals surface area contributed by atoms with E-state index in [4.69, 9.17) is 5.73 Å². The third-order valence-corrected chi connectivity index (χ3v) is 2.78. The summed E-state index contributed by atoms with van der Waals surface area (Å²) in [5, 5.41) is 1.35. The number of nitrogens with two attached hydrogens (primary N) is 1. The molecule has 2 nitrogen and oxygen atoms in total. The quantitative estimate of drug-likeness (QED) is 0.786. The van der Waals surface area contributed by atoms with Crippen LogP contribution in [0.2, 0.25) is 0 Å². The van der Waals surface area contributed by atoms with E-state index in [0.29, 0.717) is 6.04 Å². The van der Waals surface area contributed by atoms with E-state index in [2.05, 4.69) is 42.4 Å². The van der Waals surface area contributed by atoms with Crippen LogP contribution in [0, 0.1) is 0 Å². The first-order valence-corrected chi connectivity index (χ1v) is 5.58. The molecule has 1 aromatic carbocycles. The van der Waals surface area contributed by atoms with Gasteiger partial charge in [0, 0.05) is 23.1 Å². The number of aromatic amines is 1. The summed E-state index contributed by atoms with van der Waals surface area (Å²) in [6, 6.07) is 8.75. The number of hydrogen-bond acceptors (Lipinski definition) is 1. The topological polar surface area (TPSA) is 41.8 Å². The molecule has 3 N–H and O–H groups in total. The van der Waals surface area contributed by atoms with Gasteiger partial charge < -0.3 is 10.7 Å². The zero-order valence-corrected chi connectivity index (χ0v) is 9.16. The summed E-state index contributed by atoms with van der Waals surface area (Å²) in [4.78, 5) is 3.30. The first kappa shape index (κ1) is 10.2. The highest BCUT2D eigenvalue weighted by molar-refractivity contribution is 5.82. The molecular formula is C13H18N2. The zero-order valence-electron chi connectivity index (χ0n) is 9.16. The molecule has 1 atom stereocenters. The Morgan fingerprint density at radius 3 is 2.93 bits per heavy atom. The van der Waals surface area contributed by atoms with Gasteiger partial charge in [0.25, 0.3) is 0 Å². The molecule has 0 saturated heterocycles. The predicted octanol–water partition coefficient (Wildman–Crippen LogP) is 2.84. The molecule has 0 aliphatic carbocycles. The van der Waals surface area contributed by atoms with Gasteiger partial charge in [-0.1, -0.05) is 18.2 Å². The van der Waals surface area contributed by atoms with Gasteiger partial charge in [-0.25, -0.2) is 0 Å². The van der Waals surface area contributed by atoms with E-state index < -0.39 is 0 Å². The molecule has 15 heavy (non-hydrogen) atoms. The van der Waals surface area contributed by atoms with E-state index in [-0.39, 0.29) is 0 Å². The molecule has 0 bridgehead atoms. The molecule has 0 fully saturated rings. The lowest BCUT2D eigenvalue weighted by molar-refractivity contribution is 0.625. The average Bonchev–Trinajstić information content (AvgIpc) is 2.62. The molecule has 2 heteroatoms. The van der Waals surface area contributed by atoms with Gasteiger partial charge in [0.2, 0.25) is 0 Å². The normalized spacial score (nSPS) is 13.2. The summed E-state index contributed by atoms with van der Waals surface area (Å²) in [7, 11) is 0. The third kappa shape index (κ3) is 2.39.